The first-order chi connectivity index (χ1) is 9.95. The molecule has 0 aliphatic carbocycles. The molecule has 1 aromatic carbocycles. The number of rotatable bonds is 5. The Morgan fingerprint density at radius 2 is 1.86 bits per heavy atom. The van der Waals surface area contributed by atoms with Gasteiger partial charge in [-0.1, -0.05) is 32.0 Å². The lowest BCUT2D eigenvalue weighted by Crippen LogP contribution is -2.19. The SMILES string of the molecule is CCc1cccc(CC)c1NC(=O)C[C@H]1CCS(=O)(=O)C1. The van der Waals surface area contributed by atoms with Gasteiger partial charge in [-0.05, 0) is 36.3 Å². The minimum absolute atomic E-state index is 0.0335. The summed E-state index contributed by atoms with van der Waals surface area (Å²) in [6, 6.07) is 6.06. The number of benzene rings is 1. The zero-order valence-electron chi connectivity index (χ0n) is 12.7. The molecule has 0 aromatic heterocycles. The first-order valence-corrected chi connectivity index (χ1v) is 9.38. The van der Waals surface area contributed by atoms with Gasteiger partial charge in [0, 0.05) is 12.1 Å². The first-order valence-electron chi connectivity index (χ1n) is 7.56. The standard InChI is InChI=1S/C16H23NO3S/c1-3-13-6-5-7-14(4-2)16(13)17-15(18)10-12-8-9-21(19,20)11-12/h5-7,12H,3-4,8-11H2,1-2H3,(H,17,18)/t12-/m1/s1. The molecule has 116 valence electrons. The molecular formula is C16H23NO3S. The van der Waals surface area contributed by atoms with Crippen molar-refractivity contribution in [1.29, 1.82) is 0 Å². The topological polar surface area (TPSA) is 63.2 Å². The van der Waals surface area contributed by atoms with Crippen LogP contribution in [0.5, 0.6) is 0 Å². The van der Waals surface area contributed by atoms with Crippen LogP contribution in [0.4, 0.5) is 5.69 Å². The Labute approximate surface area is 126 Å². The summed E-state index contributed by atoms with van der Waals surface area (Å²) in [5, 5.41) is 3.00. The van der Waals surface area contributed by atoms with Gasteiger partial charge in [0.15, 0.2) is 9.84 Å². The van der Waals surface area contributed by atoms with Gasteiger partial charge in [-0.2, -0.15) is 0 Å². The molecule has 0 spiro atoms. The smallest absolute Gasteiger partial charge is 0.224 e. The molecule has 1 N–H and O–H groups in total. The molecule has 4 nitrogen and oxygen atoms in total. The third-order valence-electron chi connectivity index (χ3n) is 4.06. The summed E-state index contributed by atoms with van der Waals surface area (Å²) in [5.41, 5.74) is 3.16. The maximum atomic E-state index is 12.2. The molecule has 1 atom stereocenters. The molecule has 1 amide bonds. The van der Waals surface area contributed by atoms with Crippen molar-refractivity contribution >= 4 is 21.4 Å². The van der Waals surface area contributed by atoms with Crippen LogP contribution in [-0.2, 0) is 27.5 Å². The molecule has 21 heavy (non-hydrogen) atoms. The summed E-state index contributed by atoms with van der Waals surface area (Å²) < 4.78 is 22.9. The number of hydrogen-bond donors (Lipinski definition) is 1. The molecule has 2 rings (SSSR count). The van der Waals surface area contributed by atoms with Crippen molar-refractivity contribution in [2.24, 2.45) is 5.92 Å². The Morgan fingerprint density at radius 3 is 2.33 bits per heavy atom. The molecule has 0 saturated carbocycles. The van der Waals surface area contributed by atoms with Gasteiger partial charge in [0.05, 0.1) is 11.5 Å². The largest absolute Gasteiger partial charge is 0.326 e. The van der Waals surface area contributed by atoms with E-state index < -0.39 is 9.84 Å². The third kappa shape index (κ3) is 4.06. The number of sulfone groups is 1. The van der Waals surface area contributed by atoms with Gasteiger partial charge in [-0.25, -0.2) is 8.42 Å². The van der Waals surface area contributed by atoms with Crippen molar-refractivity contribution in [3.05, 3.63) is 29.3 Å². The van der Waals surface area contributed by atoms with Gasteiger partial charge in [0.2, 0.25) is 5.91 Å². The van der Waals surface area contributed by atoms with E-state index in [2.05, 4.69) is 19.2 Å². The minimum Gasteiger partial charge on any atom is -0.326 e. The Kier molecular flexibility index (Phi) is 5.04. The van der Waals surface area contributed by atoms with E-state index in [0.717, 1.165) is 29.7 Å². The molecule has 0 radical (unpaired) electrons. The number of nitrogens with one attached hydrogen (secondary N) is 1. The number of amides is 1. The number of carbonyl (C=O) groups is 1. The highest BCUT2D eigenvalue weighted by Crippen LogP contribution is 2.25. The van der Waals surface area contributed by atoms with Gasteiger partial charge < -0.3 is 5.32 Å². The van der Waals surface area contributed by atoms with Crippen LogP contribution in [0.15, 0.2) is 18.2 Å². The van der Waals surface area contributed by atoms with Crippen LogP contribution in [0.25, 0.3) is 0 Å². The highest BCUT2D eigenvalue weighted by Gasteiger charge is 2.29. The molecule has 1 fully saturated rings. The summed E-state index contributed by atoms with van der Waals surface area (Å²) in [4.78, 5) is 12.2. The number of carbonyl (C=O) groups excluding carboxylic acids is 1. The lowest BCUT2D eigenvalue weighted by molar-refractivity contribution is -0.116. The molecule has 1 heterocycles. The molecule has 1 aliphatic rings. The highest BCUT2D eigenvalue weighted by molar-refractivity contribution is 7.91. The van der Waals surface area contributed by atoms with Crippen molar-refractivity contribution in [1.82, 2.24) is 0 Å². The highest BCUT2D eigenvalue weighted by atomic mass is 32.2. The monoisotopic (exact) mass is 309 g/mol. The number of anilines is 1. The first kappa shape index (κ1) is 16.0. The van der Waals surface area contributed by atoms with Crippen molar-refractivity contribution < 1.29 is 13.2 Å². The maximum Gasteiger partial charge on any atom is 0.224 e. The molecule has 1 saturated heterocycles. The Balaban J connectivity index is 2.06. The van der Waals surface area contributed by atoms with E-state index in [-0.39, 0.29) is 23.3 Å². The van der Waals surface area contributed by atoms with Crippen LogP contribution in [-0.4, -0.2) is 25.8 Å². The molecule has 5 heteroatoms. The van der Waals surface area contributed by atoms with Crippen LogP contribution in [0.1, 0.15) is 37.8 Å². The van der Waals surface area contributed by atoms with Crippen molar-refractivity contribution in [2.75, 3.05) is 16.8 Å². The zero-order valence-corrected chi connectivity index (χ0v) is 13.5. The second kappa shape index (κ2) is 6.60. The molecule has 1 aromatic rings. The summed E-state index contributed by atoms with van der Waals surface area (Å²) in [6.07, 6.45) is 2.62. The number of para-hydroxylation sites is 1. The fourth-order valence-corrected chi connectivity index (χ4v) is 4.75. The molecule has 0 unspecified atom stereocenters. The quantitative estimate of drug-likeness (QED) is 0.909. The lowest BCUT2D eigenvalue weighted by Gasteiger charge is -2.15. The van der Waals surface area contributed by atoms with Crippen LogP contribution >= 0.6 is 0 Å². The number of hydrogen-bond acceptors (Lipinski definition) is 3. The van der Waals surface area contributed by atoms with E-state index >= 15 is 0 Å². The van der Waals surface area contributed by atoms with Gasteiger partial charge in [0.1, 0.15) is 0 Å². The van der Waals surface area contributed by atoms with Crippen LogP contribution in [0, 0.1) is 5.92 Å². The van der Waals surface area contributed by atoms with E-state index in [1.165, 1.54) is 0 Å². The average Bonchev–Trinajstić information content (AvgIpc) is 2.77. The predicted octanol–water partition coefficient (Wildman–Crippen LogP) is 2.57. The van der Waals surface area contributed by atoms with E-state index in [1.807, 2.05) is 18.2 Å². The van der Waals surface area contributed by atoms with E-state index in [4.69, 9.17) is 0 Å². The number of aryl methyl sites for hydroxylation is 2. The fraction of sp³-hybridized carbons (Fsp3) is 0.562. The Hall–Kier alpha value is -1.36. The summed E-state index contributed by atoms with van der Waals surface area (Å²) in [6.45, 7) is 4.13. The maximum absolute atomic E-state index is 12.2. The van der Waals surface area contributed by atoms with E-state index in [0.29, 0.717) is 12.8 Å². The summed E-state index contributed by atoms with van der Waals surface area (Å²) in [5.74, 6) is 0.259. The van der Waals surface area contributed by atoms with Crippen LogP contribution in [0.2, 0.25) is 0 Å². The Morgan fingerprint density at radius 1 is 1.24 bits per heavy atom. The molecular weight excluding hydrogens is 286 g/mol. The van der Waals surface area contributed by atoms with Crippen LogP contribution < -0.4 is 5.32 Å². The van der Waals surface area contributed by atoms with E-state index in [9.17, 15) is 13.2 Å². The minimum atomic E-state index is -2.92. The normalized spacial score (nSPS) is 20.4. The van der Waals surface area contributed by atoms with Gasteiger partial charge in [0.25, 0.3) is 0 Å². The summed E-state index contributed by atoms with van der Waals surface area (Å²) >= 11 is 0. The fourth-order valence-electron chi connectivity index (χ4n) is 2.89. The second-order valence-electron chi connectivity index (χ2n) is 5.68. The van der Waals surface area contributed by atoms with Gasteiger partial charge in [-0.3, -0.25) is 4.79 Å². The lowest BCUT2D eigenvalue weighted by atomic mass is 10.0. The zero-order chi connectivity index (χ0) is 15.5. The average molecular weight is 309 g/mol. The third-order valence-corrected chi connectivity index (χ3v) is 5.90. The van der Waals surface area contributed by atoms with Crippen molar-refractivity contribution in [2.45, 2.75) is 39.5 Å². The predicted molar refractivity (Wildman–Crippen MR) is 85.2 cm³/mol. The van der Waals surface area contributed by atoms with Gasteiger partial charge >= 0.3 is 0 Å². The van der Waals surface area contributed by atoms with E-state index in [1.54, 1.807) is 0 Å². The van der Waals surface area contributed by atoms with Gasteiger partial charge in [-0.15, -0.1) is 0 Å². The Bertz CT molecular complexity index is 600. The molecule has 0 bridgehead atoms. The summed E-state index contributed by atoms with van der Waals surface area (Å²) in [7, 11) is -2.92. The van der Waals surface area contributed by atoms with Crippen LogP contribution in [0.3, 0.4) is 0 Å². The van der Waals surface area contributed by atoms with Crippen molar-refractivity contribution in [3.63, 3.8) is 0 Å². The second-order valence-corrected chi connectivity index (χ2v) is 7.91. The van der Waals surface area contributed by atoms with Crippen molar-refractivity contribution in [3.8, 4) is 0 Å². The molecule has 1 aliphatic heterocycles.